The molecule has 2 aromatic carbocycles. The highest BCUT2D eigenvalue weighted by Crippen LogP contribution is 2.41. The first-order valence-electron chi connectivity index (χ1n) is 13.4. The molecular weight excluding hydrogens is 486 g/mol. The van der Waals surface area contributed by atoms with Crippen molar-refractivity contribution >= 4 is 21.8 Å². The number of carbonyl (C=O) groups is 1. The molecule has 8 heteroatoms. The number of sulfonamides is 1. The molecule has 0 saturated heterocycles. The van der Waals surface area contributed by atoms with Crippen molar-refractivity contribution in [3.8, 4) is 5.75 Å². The number of amidine groups is 1. The number of nitrogens with one attached hydrogen (secondary N) is 2. The molecule has 2 unspecified atom stereocenters. The Labute approximate surface area is 222 Å². The fourth-order valence-electron chi connectivity index (χ4n) is 5.27. The van der Waals surface area contributed by atoms with Crippen LogP contribution in [-0.4, -0.2) is 40.4 Å². The van der Waals surface area contributed by atoms with Crippen LogP contribution in [0, 0.1) is 5.92 Å². The summed E-state index contributed by atoms with van der Waals surface area (Å²) in [6, 6.07) is 14.9. The SMILES string of the molecule is CC.CNS(=O)(=O)c1ccccc1.COc1ccc2c(c1)CCC1N=C(NC(=O)C3CCCCC3)CC21. The number of rotatable bonds is 4. The van der Waals surface area contributed by atoms with E-state index in [2.05, 4.69) is 22.2 Å². The van der Waals surface area contributed by atoms with E-state index in [4.69, 9.17) is 9.73 Å². The number of benzene rings is 2. The Hall–Kier alpha value is -2.71. The maximum atomic E-state index is 12.5. The summed E-state index contributed by atoms with van der Waals surface area (Å²) >= 11 is 0. The molecule has 2 aliphatic carbocycles. The number of hydrogen-bond acceptors (Lipinski definition) is 5. The Bertz CT molecular complexity index is 1160. The minimum Gasteiger partial charge on any atom is -0.497 e. The minimum atomic E-state index is -3.25. The van der Waals surface area contributed by atoms with Gasteiger partial charge in [-0.2, -0.15) is 0 Å². The lowest BCUT2D eigenvalue weighted by Crippen LogP contribution is -2.35. The van der Waals surface area contributed by atoms with Crippen molar-refractivity contribution in [1.82, 2.24) is 10.0 Å². The lowest BCUT2D eigenvalue weighted by Gasteiger charge is -2.27. The Morgan fingerprint density at radius 3 is 2.35 bits per heavy atom. The van der Waals surface area contributed by atoms with E-state index >= 15 is 0 Å². The third kappa shape index (κ3) is 7.42. The van der Waals surface area contributed by atoms with E-state index in [0.29, 0.717) is 16.9 Å². The summed E-state index contributed by atoms with van der Waals surface area (Å²) in [7, 11) is -0.144. The van der Waals surface area contributed by atoms with Crippen molar-refractivity contribution in [1.29, 1.82) is 0 Å². The number of fused-ring (bicyclic) bond motifs is 3. The zero-order chi connectivity index (χ0) is 26.8. The number of ether oxygens (including phenoxy) is 1. The van der Waals surface area contributed by atoms with Crippen LogP contribution in [0.5, 0.6) is 5.75 Å². The number of aryl methyl sites for hydroxylation is 1. The lowest BCUT2D eigenvalue weighted by molar-refractivity contribution is -0.124. The van der Waals surface area contributed by atoms with Crippen LogP contribution in [0.2, 0.25) is 0 Å². The van der Waals surface area contributed by atoms with E-state index in [-0.39, 0.29) is 11.8 Å². The molecule has 7 nitrogen and oxygen atoms in total. The molecule has 5 rings (SSSR count). The molecule has 0 radical (unpaired) electrons. The van der Waals surface area contributed by atoms with E-state index in [1.807, 2.05) is 19.9 Å². The highest BCUT2D eigenvalue weighted by atomic mass is 32.2. The molecule has 0 bridgehead atoms. The third-order valence-electron chi connectivity index (χ3n) is 7.22. The predicted molar refractivity (Wildman–Crippen MR) is 149 cm³/mol. The third-order valence-corrected chi connectivity index (χ3v) is 8.65. The van der Waals surface area contributed by atoms with Crippen molar-refractivity contribution < 1.29 is 17.9 Å². The average Bonchev–Trinajstić information content (AvgIpc) is 3.38. The van der Waals surface area contributed by atoms with Gasteiger partial charge >= 0.3 is 0 Å². The van der Waals surface area contributed by atoms with Crippen LogP contribution in [0.15, 0.2) is 58.4 Å². The second-order valence-electron chi connectivity index (χ2n) is 9.40. The first kappa shape index (κ1) is 28.9. The van der Waals surface area contributed by atoms with Gasteiger partial charge in [-0.25, -0.2) is 13.1 Å². The highest BCUT2D eigenvalue weighted by Gasteiger charge is 2.36. The maximum Gasteiger partial charge on any atom is 0.240 e. The molecule has 1 saturated carbocycles. The van der Waals surface area contributed by atoms with Crippen molar-refractivity contribution in [2.45, 2.75) is 82.1 Å². The predicted octanol–water partition coefficient (Wildman–Crippen LogP) is 5.21. The van der Waals surface area contributed by atoms with Crippen molar-refractivity contribution in [2.24, 2.45) is 10.9 Å². The maximum absolute atomic E-state index is 12.5. The second-order valence-corrected chi connectivity index (χ2v) is 11.3. The molecular formula is C29H41N3O4S. The van der Waals surface area contributed by atoms with Crippen LogP contribution in [0.25, 0.3) is 0 Å². The van der Waals surface area contributed by atoms with Gasteiger partial charge in [-0.15, -0.1) is 0 Å². The Kier molecular flexibility index (Phi) is 10.7. The molecule has 2 N–H and O–H groups in total. The van der Waals surface area contributed by atoms with Crippen molar-refractivity contribution in [2.75, 3.05) is 14.2 Å². The Morgan fingerprint density at radius 2 is 1.70 bits per heavy atom. The quantitative estimate of drug-likeness (QED) is 0.570. The van der Waals surface area contributed by atoms with Gasteiger partial charge in [-0.3, -0.25) is 9.79 Å². The van der Waals surface area contributed by atoms with Crippen LogP contribution >= 0.6 is 0 Å². The molecule has 1 heterocycles. The zero-order valence-corrected chi connectivity index (χ0v) is 23.3. The number of carbonyl (C=O) groups excluding carboxylic acids is 1. The molecule has 1 aliphatic heterocycles. The average molecular weight is 528 g/mol. The topological polar surface area (TPSA) is 96.9 Å². The van der Waals surface area contributed by atoms with E-state index in [9.17, 15) is 13.2 Å². The Morgan fingerprint density at radius 1 is 1.00 bits per heavy atom. The zero-order valence-electron chi connectivity index (χ0n) is 22.5. The van der Waals surface area contributed by atoms with E-state index in [1.54, 1.807) is 37.4 Å². The van der Waals surface area contributed by atoms with Crippen LogP contribution in [0.1, 0.15) is 75.8 Å². The molecule has 1 fully saturated rings. The number of aliphatic imine (C=N–C) groups is 1. The summed E-state index contributed by atoms with van der Waals surface area (Å²) in [5.74, 6) is 2.64. The van der Waals surface area contributed by atoms with Gasteiger partial charge in [0.05, 0.1) is 18.0 Å². The van der Waals surface area contributed by atoms with E-state index in [1.165, 1.54) is 37.4 Å². The molecule has 202 valence electrons. The van der Waals surface area contributed by atoms with Crippen LogP contribution in [-0.2, 0) is 21.2 Å². The van der Waals surface area contributed by atoms with Gasteiger partial charge in [0, 0.05) is 18.3 Å². The molecule has 0 spiro atoms. The van der Waals surface area contributed by atoms with Gasteiger partial charge in [0.15, 0.2) is 0 Å². The van der Waals surface area contributed by atoms with Gasteiger partial charge in [0.25, 0.3) is 0 Å². The minimum absolute atomic E-state index is 0.195. The fourth-order valence-corrected chi connectivity index (χ4v) is 6.02. The smallest absolute Gasteiger partial charge is 0.240 e. The van der Waals surface area contributed by atoms with Gasteiger partial charge in [0.1, 0.15) is 11.6 Å². The second kappa shape index (κ2) is 13.7. The molecule has 2 atom stereocenters. The monoisotopic (exact) mass is 527 g/mol. The number of amides is 1. The number of hydrogen-bond donors (Lipinski definition) is 2. The summed E-state index contributed by atoms with van der Waals surface area (Å²) in [6.45, 7) is 4.00. The lowest BCUT2D eigenvalue weighted by atomic mass is 9.79. The van der Waals surface area contributed by atoms with Gasteiger partial charge in [0.2, 0.25) is 15.9 Å². The van der Waals surface area contributed by atoms with Crippen molar-refractivity contribution in [3.05, 3.63) is 59.7 Å². The van der Waals surface area contributed by atoms with Crippen LogP contribution in [0.3, 0.4) is 0 Å². The summed E-state index contributed by atoms with van der Waals surface area (Å²) in [5.41, 5.74) is 2.77. The van der Waals surface area contributed by atoms with E-state index < -0.39 is 10.0 Å². The first-order valence-corrected chi connectivity index (χ1v) is 14.9. The Balaban J connectivity index is 0.000000247. The summed E-state index contributed by atoms with van der Waals surface area (Å²) in [4.78, 5) is 17.6. The number of nitrogens with zero attached hydrogens (tertiary/aromatic N) is 1. The summed E-state index contributed by atoms with van der Waals surface area (Å²) in [6.07, 6.45) is 8.69. The normalized spacial score (nSPS) is 20.6. The summed E-state index contributed by atoms with van der Waals surface area (Å²) < 4.78 is 29.8. The molecule has 2 aromatic rings. The largest absolute Gasteiger partial charge is 0.497 e. The summed E-state index contributed by atoms with van der Waals surface area (Å²) in [5, 5.41) is 3.14. The standard InChI is InChI=1S/C20H26N2O2.C7H9NO2S.C2H6/c1-24-15-8-9-16-14(11-15)7-10-18-17(16)12-19(21-18)22-20(23)13-5-3-2-4-6-13;1-8-11(9,10)7-5-3-2-4-6-7;1-2/h8-9,11,13,17-18H,2-7,10,12H2,1H3,(H,21,22,23);2-6,8H,1H3;1-2H3. The fraction of sp³-hybridized carbons (Fsp3) is 0.517. The van der Waals surface area contributed by atoms with Crippen LogP contribution < -0.4 is 14.8 Å². The molecule has 1 amide bonds. The van der Waals surface area contributed by atoms with Crippen LogP contribution in [0.4, 0.5) is 0 Å². The van der Waals surface area contributed by atoms with Crippen molar-refractivity contribution in [3.63, 3.8) is 0 Å². The number of methoxy groups -OCH3 is 1. The molecule has 0 aromatic heterocycles. The van der Waals surface area contributed by atoms with Gasteiger partial charge < -0.3 is 10.1 Å². The molecule has 3 aliphatic rings. The highest BCUT2D eigenvalue weighted by molar-refractivity contribution is 7.89. The van der Waals surface area contributed by atoms with E-state index in [0.717, 1.165) is 43.7 Å². The molecule has 37 heavy (non-hydrogen) atoms. The van der Waals surface area contributed by atoms with Gasteiger partial charge in [-0.05, 0) is 68.1 Å². The van der Waals surface area contributed by atoms with Gasteiger partial charge in [-0.1, -0.05) is 57.4 Å². The first-order chi connectivity index (χ1) is 17.9.